The summed E-state index contributed by atoms with van der Waals surface area (Å²) in [6.07, 6.45) is 1.28. The molecular formula is C13H17BrN2O3S. The first-order chi connectivity index (χ1) is 9.41. The molecule has 0 bridgehead atoms. The molecule has 1 N–H and O–H groups in total. The van der Waals surface area contributed by atoms with E-state index >= 15 is 0 Å². The fourth-order valence-corrected chi connectivity index (χ4v) is 4.75. The van der Waals surface area contributed by atoms with Crippen LogP contribution in [0, 0.1) is 0 Å². The summed E-state index contributed by atoms with van der Waals surface area (Å²) in [5.41, 5.74) is 0. The molecule has 5 nitrogen and oxygen atoms in total. The van der Waals surface area contributed by atoms with Crippen LogP contribution in [0.5, 0.6) is 0 Å². The number of carbonyl (C=O) groups excluding carboxylic acids is 1. The van der Waals surface area contributed by atoms with Gasteiger partial charge in [0.1, 0.15) is 0 Å². The molecule has 1 saturated heterocycles. The lowest BCUT2D eigenvalue weighted by atomic mass is 10.1. The number of benzene rings is 1. The maximum Gasteiger partial charge on any atom is 0.244 e. The van der Waals surface area contributed by atoms with Gasteiger partial charge in [-0.05, 0) is 40.9 Å². The molecule has 1 fully saturated rings. The van der Waals surface area contributed by atoms with Crippen LogP contribution in [0.2, 0.25) is 0 Å². The summed E-state index contributed by atoms with van der Waals surface area (Å²) < 4.78 is 27.1. The number of piperidine rings is 1. The van der Waals surface area contributed by atoms with Gasteiger partial charge in [-0.3, -0.25) is 4.79 Å². The average Bonchev–Trinajstić information content (AvgIpc) is 2.39. The standard InChI is InChI=1S/C13H17BrN2O3S/c1-10(17)15-11-6-8-16(9-7-11)20(18,19)13-5-3-2-4-12(13)14/h2-5,11H,6-9H2,1H3,(H,15,17). The van der Waals surface area contributed by atoms with Gasteiger partial charge >= 0.3 is 0 Å². The predicted molar refractivity (Wildman–Crippen MR) is 79.7 cm³/mol. The molecule has 7 heteroatoms. The molecule has 1 aliphatic heterocycles. The Hall–Kier alpha value is -0.920. The van der Waals surface area contributed by atoms with Crippen LogP contribution in [0.1, 0.15) is 19.8 Å². The van der Waals surface area contributed by atoms with Gasteiger partial charge in [0.25, 0.3) is 0 Å². The Kier molecular flexibility index (Phi) is 4.82. The number of hydrogen-bond donors (Lipinski definition) is 1. The number of amides is 1. The second-order valence-electron chi connectivity index (χ2n) is 4.81. The highest BCUT2D eigenvalue weighted by Crippen LogP contribution is 2.26. The maximum absolute atomic E-state index is 12.5. The highest BCUT2D eigenvalue weighted by molar-refractivity contribution is 9.10. The monoisotopic (exact) mass is 360 g/mol. The summed E-state index contributed by atoms with van der Waals surface area (Å²) in [4.78, 5) is 11.3. The molecule has 110 valence electrons. The zero-order chi connectivity index (χ0) is 14.8. The molecule has 0 aromatic heterocycles. The van der Waals surface area contributed by atoms with E-state index in [9.17, 15) is 13.2 Å². The fraction of sp³-hybridized carbons (Fsp3) is 0.462. The zero-order valence-corrected chi connectivity index (χ0v) is 13.6. The van der Waals surface area contributed by atoms with Gasteiger partial charge in [-0.1, -0.05) is 12.1 Å². The molecule has 1 heterocycles. The Balaban J connectivity index is 2.10. The van der Waals surface area contributed by atoms with Crippen LogP contribution in [-0.2, 0) is 14.8 Å². The number of sulfonamides is 1. The van der Waals surface area contributed by atoms with E-state index in [1.807, 2.05) is 0 Å². The first kappa shape index (κ1) is 15.5. The number of hydrogen-bond acceptors (Lipinski definition) is 3. The number of carbonyl (C=O) groups is 1. The van der Waals surface area contributed by atoms with Gasteiger partial charge in [0.05, 0.1) is 4.90 Å². The highest BCUT2D eigenvalue weighted by Gasteiger charge is 2.30. The SMILES string of the molecule is CC(=O)NC1CCN(S(=O)(=O)c2ccccc2Br)CC1. The van der Waals surface area contributed by atoms with E-state index in [4.69, 9.17) is 0 Å². The van der Waals surface area contributed by atoms with E-state index in [0.717, 1.165) is 0 Å². The van der Waals surface area contributed by atoms with Gasteiger partial charge < -0.3 is 5.32 Å². The average molecular weight is 361 g/mol. The van der Waals surface area contributed by atoms with E-state index in [-0.39, 0.29) is 16.8 Å². The van der Waals surface area contributed by atoms with Crippen molar-refractivity contribution in [3.8, 4) is 0 Å². The van der Waals surface area contributed by atoms with Crippen molar-refractivity contribution in [3.05, 3.63) is 28.7 Å². The normalized spacial score (nSPS) is 17.9. The van der Waals surface area contributed by atoms with Gasteiger partial charge in [0, 0.05) is 30.5 Å². The van der Waals surface area contributed by atoms with E-state index < -0.39 is 10.0 Å². The Morgan fingerprint density at radius 3 is 2.45 bits per heavy atom. The number of nitrogens with zero attached hydrogens (tertiary/aromatic N) is 1. The Bertz CT molecular complexity index is 595. The smallest absolute Gasteiger partial charge is 0.244 e. The van der Waals surface area contributed by atoms with Gasteiger partial charge in [0.15, 0.2) is 0 Å². The van der Waals surface area contributed by atoms with Crippen molar-refractivity contribution in [2.24, 2.45) is 0 Å². The van der Waals surface area contributed by atoms with Crippen LogP contribution in [0.15, 0.2) is 33.6 Å². The summed E-state index contributed by atoms with van der Waals surface area (Å²) in [6.45, 7) is 2.33. The number of halogens is 1. The van der Waals surface area contributed by atoms with Gasteiger partial charge in [-0.2, -0.15) is 4.31 Å². The predicted octanol–water partition coefficient (Wildman–Crippen LogP) is 1.74. The Morgan fingerprint density at radius 2 is 1.90 bits per heavy atom. The molecule has 0 radical (unpaired) electrons. The summed E-state index contributed by atoms with van der Waals surface area (Å²) in [7, 11) is -3.47. The van der Waals surface area contributed by atoms with E-state index in [1.165, 1.54) is 11.2 Å². The lowest BCUT2D eigenvalue weighted by Gasteiger charge is -2.31. The summed E-state index contributed by atoms with van der Waals surface area (Å²) >= 11 is 3.28. The molecule has 1 amide bonds. The van der Waals surface area contributed by atoms with Crippen LogP contribution >= 0.6 is 15.9 Å². The van der Waals surface area contributed by atoms with Gasteiger partial charge in [0.2, 0.25) is 15.9 Å². The summed E-state index contributed by atoms with van der Waals surface area (Å²) in [6, 6.07) is 6.88. The minimum Gasteiger partial charge on any atom is -0.354 e. The van der Waals surface area contributed by atoms with Crippen molar-refractivity contribution in [1.82, 2.24) is 9.62 Å². The molecule has 1 aromatic rings. The molecule has 2 rings (SSSR count). The van der Waals surface area contributed by atoms with E-state index in [0.29, 0.717) is 30.4 Å². The molecular weight excluding hydrogens is 344 g/mol. The van der Waals surface area contributed by atoms with E-state index in [2.05, 4.69) is 21.2 Å². The molecule has 0 atom stereocenters. The van der Waals surface area contributed by atoms with Crippen LogP contribution in [-0.4, -0.2) is 37.8 Å². The molecule has 0 unspecified atom stereocenters. The lowest BCUT2D eigenvalue weighted by molar-refractivity contribution is -0.119. The van der Waals surface area contributed by atoms with Crippen molar-refractivity contribution >= 4 is 31.9 Å². The third kappa shape index (κ3) is 3.39. The van der Waals surface area contributed by atoms with Gasteiger partial charge in [-0.25, -0.2) is 8.42 Å². The number of nitrogens with one attached hydrogen (secondary N) is 1. The largest absolute Gasteiger partial charge is 0.354 e. The second kappa shape index (κ2) is 6.24. The van der Waals surface area contributed by atoms with Crippen molar-refractivity contribution in [2.45, 2.75) is 30.7 Å². The zero-order valence-electron chi connectivity index (χ0n) is 11.2. The van der Waals surface area contributed by atoms with Crippen molar-refractivity contribution < 1.29 is 13.2 Å². The number of rotatable bonds is 3. The molecule has 1 aromatic carbocycles. The quantitative estimate of drug-likeness (QED) is 0.892. The van der Waals surface area contributed by atoms with Crippen LogP contribution in [0.25, 0.3) is 0 Å². The van der Waals surface area contributed by atoms with Crippen LogP contribution < -0.4 is 5.32 Å². The third-order valence-electron chi connectivity index (χ3n) is 3.32. The molecule has 1 aliphatic rings. The van der Waals surface area contributed by atoms with Crippen LogP contribution in [0.3, 0.4) is 0 Å². The van der Waals surface area contributed by atoms with E-state index in [1.54, 1.807) is 24.3 Å². The Labute approximate surface area is 127 Å². The summed E-state index contributed by atoms with van der Waals surface area (Å²) in [5, 5.41) is 2.84. The molecule has 20 heavy (non-hydrogen) atoms. The van der Waals surface area contributed by atoms with Crippen LogP contribution in [0.4, 0.5) is 0 Å². The van der Waals surface area contributed by atoms with Crippen molar-refractivity contribution in [3.63, 3.8) is 0 Å². The fourth-order valence-electron chi connectivity index (χ4n) is 2.32. The first-order valence-corrected chi connectivity index (χ1v) is 8.66. The van der Waals surface area contributed by atoms with Gasteiger partial charge in [-0.15, -0.1) is 0 Å². The highest BCUT2D eigenvalue weighted by atomic mass is 79.9. The molecule has 0 saturated carbocycles. The lowest BCUT2D eigenvalue weighted by Crippen LogP contribution is -2.46. The second-order valence-corrected chi connectivity index (χ2v) is 7.57. The first-order valence-electron chi connectivity index (χ1n) is 6.43. The molecule has 0 aliphatic carbocycles. The van der Waals surface area contributed by atoms with Crippen molar-refractivity contribution in [2.75, 3.05) is 13.1 Å². The minimum absolute atomic E-state index is 0.0677. The minimum atomic E-state index is -3.47. The summed E-state index contributed by atoms with van der Waals surface area (Å²) in [5.74, 6) is -0.0721. The molecule has 0 spiro atoms. The third-order valence-corrected chi connectivity index (χ3v) is 6.23. The maximum atomic E-state index is 12.5. The Morgan fingerprint density at radius 1 is 1.30 bits per heavy atom. The van der Waals surface area contributed by atoms with Crippen molar-refractivity contribution in [1.29, 1.82) is 0 Å². The topological polar surface area (TPSA) is 66.5 Å².